The molecule has 29 heavy (non-hydrogen) atoms. The summed E-state index contributed by atoms with van der Waals surface area (Å²) in [6.07, 6.45) is 1.43. The highest BCUT2D eigenvalue weighted by Gasteiger charge is 2.41. The van der Waals surface area contributed by atoms with Crippen LogP contribution in [0, 0.1) is 0 Å². The van der Waals surface area contributed by atoms with E-state index in [2.05, 4.69) is 0 Å². The third kappa shape index (κ3) is 4.24. The number of aromatic carboxylic acids is 1. The predicted molar refractivity (Wildman–Crippen MR) is 105 cm³/mol. The molecule has 8 nitrogen and oxygen atoms in total. The highest BCUT2D eigenvalue weighted by molar-refractivity contribution is 8.18. The zero-order valence-corrected chi connectivity index (χ0v) is 16.4. The summed E-state index contributed by atoms with van der Waals surface area (Å²) in [6, 6.07) is 8.43. The number of hydrogen-bond donors (Lipinski definition) is 1. The minimum absolute atomic E-state index is 0.133. The second-order valence-electron chi connectivity index (χ2n) is 6.06. The van der Waals surface area contributed by atoms with Crippen LogP contribution in [0.4, 0.5) is 4.79 Å². The zero-order chi connectivity index (χ0) is 21.1. The van der Waals surface area contributed by atoms with Crippen molar-refractivity contribution >= 4 is 40.9 Å². The average Bonchev–Trinajstić information content (AvgIpc) is 3.26. The lowest BCUT2D eigenvalue weighted by molar-refractivity contribution is -0.150. The van der Waals surface area contributed by atoms with Gasteiger partial charge in [-0.15, -0.1) is 0 Å². The summed E-state index contributed by atoms with van der Waals surface area (Å²) in [7, 11) is 0. The second-order valence-corrected chi connectivity index (χ2v) is 7.06. The number of benzene rings is 1. The molecule has 2 aromatic rings. The molecule has 1 fully saturated rings. The Hall–Kier alpha value is -3.33. The third-order valence-corrected chi connectivity index (χ3v) is 5.04. The van der Waals surface area contributed by atoms with E-state index in [4.69, 9.17) is 14.3 Å². The fourth-order valence-electron chi connectivity index (χ4n) is 2.67. The van der Waals surface area contributed by atoms with Gasteiger partial charge in [-0.1, -0.05) is 12.1 Å². The smallest absolute Gasteiger partial charge is 0.335 e. The number of carbonyl (C=O) groups excluding carboxylic acids is 3. The Morgan fingerprint density at radius 3 is 2.52 bits per heavy atom. The van der Waals surface area contributed by atoms with Crippen molar-refractivity contribution in [2.24, 2.45) is 0 Å². The van der Waals surface area contributed by atoms with E-state index >= 15 is 0 Å². The van der Waals surface area contributed by atoms with E-state index in [9.17, 15) is 19.2 Å². The molecule has 0 saturated carbocycles. The summed E-state index contributed by atoms with van der Waals surface area (Å²) < 4.78 is 10.6. The van der Waals surface area contributed by atoms with Crippen molar-refractivity contribution in [1.82, 2.24) is 4.90 Å². The first-order chi connectivity index (χ1) is 13.8. The number of nitrogens with zero attached hydrogens (tertiary/aromatic N) is 1. The number of rotatable bonds is 6. The van der Waals surface area contributed by atoms with Gasteiger partial charge in [0.05, 0.1) is 17.1 Å². The van der Waals surface area contributed by atoms with Gasteiger partial charge < -0.3 is 14.3 Å². The lowest BCUT2D eigenvalue weighted by Gasteiger charge is -2.19. The van der Waals surface area contributed by atoms with Crippen molar-refractivity contribution < 1.29 is 33.4 Å². The standard InChI is InChI=1S/C20H17NO7S/c1-3-27-19(25)11(2)21-17(22)16(29-20(21)26)10-14-8-9-15(28-14)12-4-6-13(7-5-12)18(23)24/h4-11H,3H2,1-2H3,(H,23,24)/b16-10+/t11-/m1/s1. The van der Waals surface area contributed by atoms with Crippen molar-refractivity contribution in [3.63, 3.8) is 0 Å². The van der Waals surface area contributed by atoms with Crippen LogP contribution in [0.2, 0.25) is 0 Å². The Labute approximate surface area is 170 Å². The molecule has 150 valence electrons. The molecule has 3 rings (SSSR count). The van der Waals surface area contributed by atoms with Crippen LogP contribution in [0.3, 0.4) is 0 Å². The summed E-state index contributed by atoms with van der Waals surface area (Å²) in [4.78, 5) is 48.5. The molecule has 1 aliphatic rings. The molecule has 0 spiro atoms. The maximum absolute atomic E-state index is 12.6. The second kappa shape index (κ2) is 8.36. The summed E-state index contributed by atoms with van der Waals surface area (Å²) in [5, 5.41) is 8.40. The largest absolute Gasteiger partial charge is 0.478 e. The molecule has 1 saturated heterocycles. The Morgan fingerprint density at radius 1 is 1.21 bits per heavy atom. The predicted octanol–water partition coefficient (Wildman–Crippen LogP) is 3.63. The van der Waals surface area contributed by atoms with Crippen molar-refractivity contribution in [3.8, 4) is 11.3 Å². The van der Waals surface area contributed by atoms with Gasteiger partial charge in [0, 0.05) is 11.6 Å². The van der Waals surface area contributed by atoms with Crippen LogP contribution in [-0.4, -0.2) is 45.7 Å². The molecule has 1 atom stereocenters. The van der Waals surface area contributed by atoms with Gasteiger partial charge >= 0.3 is 11.9 Å². The van der Waals surface area contributed by atoms with Gasteiger partial charge in [-0.2, -0.15) is 0 Å². The van der Waals surface area contributed by atoms with Crippen LogP contribution < -0.4 is 0 Å². The lowest BCUT2D eigenvalue weighted by atomic mass is 10.1. The average molecular weight is 415 g/mol. The Bertz CT molecular complexity index is 1010. The minimum atomic E-state index is -1.02. The van der Waals surface area contributed by atoms with E-state index in [1.807, 2.05) is 0 Å². The van der Waals surface area contributed by atoms with E-state index in [-0.39, 0.29) is 17.1 Å². The number of carboxylic acids is 1. The number of hydrogen-bond acceptors (Lipinski definition) is 7. The molecule has 2 amide bonds. The van der Waals surface area contributed by atoms with E-state index in [1.54, 1.807) is 31.2 Å². The minimum Gasteiger partial charge on any atom is -0.478 e. The molecule has 1 aromatic heterocycles. The number of amides is 2. The van der Waals surface area contributed by atoms with E-state index in [1.165, 1.54) is 25.1 Å². The van der Waals surface area contributed by atoms with Gasteiger partial charge in [0.15, 0.2) is 0 Å². The number of furan rings is 1. The summed E-state index contributed by atoms with van der Waals surface area (Å²) in [6.45, 7) is 3.23. The molecule has 0 radical (unpaired) electrons. The van der Waals surface area contributed by atoms with Crippen LogP contribution in [0.1, 0.15) is 30.0 Å². The SMILES string of the molecule is CCOC(=O)[C@@H](C)N1C(=O)S/C(=C/c2ccc(-c3ccc(C(=O)O)cc3)o2)C1=O. The fraction of sp³-hybridized carbons (Fsp3) is 0.200. The van der Waals surface area contributed by atoms with Crippen LogP contribution in [-0.2, 0) is 14.3 Å². The zero-order valence-electron chi connectivity index (χ0n) is 15.6. The quantitative estimate of drug-likeness (QED) is 0.562. The first-order valence-electron chi connectivity index (χ1n) is 8.69. The van der Waals surface area contributed by atoms with Crippen molar-refractivity contribution in [1.29, 1.82) is 0 Å². The Kier molecular flexibility index (Phi) is 5.88. The maximum Gasteiger partial charge on any atom is 0.335 e. The van der Waals surface area contributed by atoms with Crippen LogP contribution in [0.25, 0.3) is 17.4 Å². The van der Waals surface area contributed by atoms with E-state index in [0.717, 1.165) is 4.90 Å². The first kappa shape index (κ1) is 20.4. The van der Waals surface area contributed by atoms with Crippen molar-refractivity contribution in [2.45, 2.75) is 19.9 Å². The van der Waals surface area contributed by atoms with Gasteiger partial charge in [-0.25, -0.2) is 9.59 Å². The number of imide groups is 1. The highest BCUT2D eigenvalue weighted by atomic mass is 32.2. The van der Waals surface area contributed by atoms with E-state index in [0.29, 0.717) is 28.8 Å². The Balaban J connectivity index is 1.79. The number of carbonyl (C=O) groups is 4. The van der Waals surface area contributed by atoms with Gasteiger partial charge in [-0.3, -0.25) is 14.5 Å². The van der Waals surface area contributed by atoms with Gasteiger partial charge in [-0.05, 0) is 49.9 Å². The third-order valence-electron chi connectivity index (χ3n) is 4.16. The van der Waals surface area contributed by atoms with E-state index < -0.39 is 29.1 Å². The normalized spacial score (nSPS) is 16.3. The number of thioether (sulfide) groups is 1. The molecule has 0 aliphatic carbocycles. The van der Waals surface area contributed by atoms with Crippen LogP contribution in [0.15, 0.2) is 45.7 Å². The molecule has 9 heteroatoms. The summed E-state index contributed by atoms with van der Waals surface area (Å²) in [5.74, 6) is -1.45. The number of esters is 1. The van der Waals surface area contributed by atoms with Crippen molar-refractivity contribution in [2.75, 3.05) is 6.61 Å². The Morgan fingerprint density at radius 2 is 1.90 bits per heavy atom. The first-order valence-corrected chi connectivity index (χ1v) is 9.50. The molecule has 0 bridgehead atoms. The van der Waals surface area contributed by atoms with Gasteiger partial charge in [0.2, 0.25) is 0 Å². The molecular weight excluding hydrogens is 398 g/mol. The number of carboxylic acid groups (broad SMARTS) is 1. The summed E-state index contributed by atoms with van der Waals surface area (Å²) in [5.41, 5.74) is 0.823. The topological polar surface area (TPSA) is 114 Å². The summed E-state index contributed by atoms with van der Waals surface area (Å²) >= 11 is 0.716. The lowest BCUT2D eigenvalue weighted by Crippen LogP contribution is -2.42. The molecule has 1 aliphatic heterocycles. The maximum atomic E-state index is 12.6. The number of ether oxygens (including phenoxy) is 1. The highest BCUT2D eigenvalue weighted by Crippen LogP contribution is 2.34. The molecule has 2 heterocycles. The molecular formula is C20H17NO7S. The van der Waals surface area contributed by atoms with Gasteiger partial charge in [0.1, 0.15) is 17.6 Å². The molecule has 1 aromatic carbocycles. The fourth-order valence-corrected chi connectivity index (χ4v) is 3.56. The van der Waals surface area contributed by atoms with Crippen molar-refractivity contribution in [3.05, 3.63) is 52.6 Å². The monoisotopic (exact) mass is 415 g/mol. The van der Waals surface area contributed by atoms with Crippen LogP contribution in [0.5, 0.6) is 0 Å². The van der Waals surface area contributed by atoms with Crippen LogP contribution >= 0.6 is 11.8 Å². The molecule has 1 N–H and O–H groups in total. The molecule has 0 unspecified atom stereocenters. The van der Waals surface area contributed by atoms with Gasteiger partial charge in [0.25, 0.3) is 11.1 Å².